The molecular weight excluding hydrogens is 236 g/mol. The maximum absolute atomic E-state index is 6.14. The van der Waals surface area contributed by atoms with Crippen molar-refractivity contribution in [2.75, 3.05) is 23.0 Å². The van der Waals surface area contributed by atoms with Gasteiger partial charge in [-0.15, -0.1) is 23.5 Å². The van der Waals surface area contributed by atoms with Crippen molar-refractivity contribution in [2.45, 2.75) is 37.0 Å². The van der Waals surface area contributed by atoms with E-state index in [0.29, 0.717) is 0 Å². The molecule has 4 heteroatoms. The van der Waals surface area contributed by atoms with E-state index in [1.165, 1.54) is 9.79 Å². The lowest BCUT2D eigenvalue weighted by molar-refractivity contribution is 1.11. The molecule has 90 valence electrons. The lowest BCUT2D eigenvalue weighted by Gasteiger charge is -2.15. The van der Waals surface area contributed by atoms with E-state index in [-0.39, 0.29) is 0 Å². The van der Waals surface area contributed by atoms with Crippen molar-refractivity contribution in [1.82, 2.24) is 0 Å². The van der Waals surface area contributed by atoms with E-state index in [4.69, 9.17) is 11.5 Å². The average molecular weight is 256 g/mol. The standard InChI is InChI=1S/C12H20N2S2/c1-4-8-11(13)9(15-5-2)7-10(12(8)14)16-6-3/h7H,4-6,13-14H2,1-3H3. The molecule has 0 bridgehead atoms. The third kappa shape index (κ3) is 2.80. The van der Waals surface area contributed by atoms with Gasteiger partial charge in [0.1, 0.15) is 0 Å². The van der Waals surface area contributed by atoms with Crippen LogP contribution in [0, 0.1) is 0 Å². The number of hydrogen-bond donors (Lipinski definition) is 2. The molecule has 0 aromatic heterocycles. The van der Waals surface area contributed by atoms with Crippen molar-refractivity contribution in [3.8, 4) is 0 Å². The third-order valence-corrected chi connectivity index (χ3v) is 4.27. The number of nitrogens with two attached hydrogens (primary N) is 2. The first-order valence-electron chi connectivity index (χ1n) is 5.62. The Hall–Kier alpha value is -0.480. The fourth-order valence-electron chi connectivity index (χ4n) is 1.65. The number of hydrogen-bond acceptors (Lipinski definition) is 4. The number of rotatable bonds is 5. The van der Waals surface area contributed by atoms with Crippen LogP contribution in [0.2, 0.25) is 0 Å². The lowest BCUT2D eigenvalue weighted by Crippen LogP contribution is -2.03. The highest BCUT2D eigenvalue weighted by atomic mass is 32.2. The molecule has 0 aliphatic heterocycles. The molecule has 1 aromatic carbocycles. The predicted octanol–water partition coefficient (Wildman–Crippen LogP) is 3.64. The smallest absolute Gasteiger partial charge is 0.0506 e. The second-order valence-electron chi connectivity index (χ2n) is 3.40. The van der Waals surface area contributed by atoms with Gasteiger partial charge in [-0.25, -0.2) is 0 Å². The largest absolute Gasteiger partial charge is 0.398 e. The molecule has 0 fully saturated rings. The van der Waals surface area contributed by atoms with Crippen LogP contribution < -0.4 is 11.5 Å². The first-order valence-corrected chi connectivity index (χ1v) is 7.59. The van der Waals surface area contributed by atoms with Crippen LogP contribution >= 0.6 is 23.5 Å². The maximum Gasteiger partial charge on any atom is 0.0506 e. The lowest BCUT2D eigenvalue weighted by atomic mass is 10.1. The molecule has 4 N–H and O–H groups in total. The minimum Gasteiger partial charge on any atom is -0.398 e. The molecule has 0 unspecified atom stereocenters. The Labute approximate surface area is 107 Å². The van der Waals surface area contributed by atoms with E-state index in [0.717, 1.165) is 34.9 Å². The van der Waals surface area contributed by atoms with Gasteiger partial charge in [-0.3, -0.25) is 0 Å². The van der Waals surface area contributed by atoms with Crippen LogP contribution in [0.15, 0.2) is 15.9 Å². The molecule has 0 aliphatic rings. The van der Waals surface area contributed by atoms with Crippen molar-refractivity contribution in [1.29, 1.82) is 0 Å². The summed E-state index contributed by atoms with van der Waals surface area (Å²) in [4.78, 5) is 2.34. The van der Waals surface area contributed by atoms with E-state index in [1.807, 2.05) is 0 Å². The van der Waals surface area contributed by atoms with Gasteiger partial charge in [0.2, 0.25) is 0 Å². The van der Waals surface area contributed by atoms with Crippen molar-refractivity contribution >= 4 is 34.9 Å². The molecule has 1 aromatic rings. The van der Waals surface area contributed by atoms with Crippen LogP contribution in [-0.2, 0) is 6.42 Å². The summed E-state index contributed by atoms with van der Waals surface area (Å²) in [5.74, 6) is 2.07. The monoisotopic (exact) mass is 256 g/mol. The fraction of sp³-hybridized carbons (Fsp3) is 0.500. The van der Waals surface area contributed by atoms with Gasteiger partial charge in [0.25, 0.3) is 0 Å². The molecule has 0 atom stereocenters. The molecule has 0 heterocycles. The summed E-state index contributed by atoms with van der Waals surface area (Å²) in [5.41, 5.74) is 15.1. The maximum atomic E-state index is 6.14. The Morgan fingerprint density at radius 1 is 0.938 bits per heavy atom. The Bertz CT molecular complexity index is 334. The number of anilines is 2. The van der Waals surface area contributed by atoms with Crippen molar-refractivity contribution in [3.63, 3.8) is 0 Å². The van der Waals surface area contributed by atoms with Gasteiger partial charge >= 0.3 is 0 Å². The summed E-state index contributed by atoms with van der Waals surface area (Å²) in [6.45, 7) is 6.38. The fourth-order valence-corrected chi connectivity index (χ4v) is 3.30. The topological polar surface area (TPSA) is 52.0 Å². The summed E-state index contributed by atoms with van der Waals surface area (Å²) in [6, 6.07) is 2.13. The zero-order valence-electron chi connectivity index (χ0n) is 10.2. The van der Waals surface area contributed by atoms with Crippen LogP contribution in [-0.4, -0.2) is 11.5 Å². The molecule has 1 rings (SSSR count). The normalized spacial score (nSPS) is 10.7. The van der Waals surface area contributed by atoms with Crippen LogP contribution in [0.25, 0.3) is 0 Å². The summed E-state index contributed by atoms with van der Waals surface area (Å²) in [6.07, 6.45) is 0.896. The van der Waals surface area contributed by atoms with Crippen LogP contribution in [0.3, 0.4) is 0 Å². The van der Waals surface area contributed by atoms with Crippen LogP contribution in [0.1, 0.15) is 26.3 Å². The van der Waals surface area contributed by atoms with Gasteiger partial charge in [0, 0.05) is 9.79 Å². The molecule has 2 nitrogen and oxygen atoms in total. The highest BCUT2D eigenvalue weighted by molar-refractivity contribution is 8.00. The van der Waals surface area contributed by atoms with Crippen LogP contribution in [0.5, 0.6) is 0 Å². The Morgan fingerprint density at radius 3 is 1.69 bits per heavy atom. The highest BCUT2D eigenvalue weighted by Gasteiger charge is 2.12. The molecule has 0 spiro atoms. The molecule has 0 amide bonds. The zero-order valence-corrected chi connectivity index (χ0v) is 11.8. The van der Waals surface area contributed by atoms with Gasteiger partial charge in [-0.2, -0.15) is 0 Å². The van der Waals surface area contributed by atoms with Crippen molar-refractivity contribution in [2.24, 2.45) is 0 Å². The van der Waals surface area contributed by atoms with Gasteiger partial charge in [-0.05, 0) is 29.6 Å². The molecule has 0 radical (unpaired) electrons. The molecule has 0 aliphatic carbocycles. The summed E-state index contributed by atoms with van der Waals surface area (Å²) >= 11 is 3.57. The Morgan fingerprint density at radius 2 is 1.38 bits per heavy atom. The summed E-state index contributed by atoms with van der Waals surface area (Å²) in [7, 11) is 0. The second-order valence-corrected chi connectivity index (χ2v) is 6.01. The second kappa shape index (κ2) is 6.30. The molecule has 16 heavy (non-hydrogen) atoms. The quantitative estimate of drug-likeness (QED) is 0.624. The minimum absolute atomic E-state index is 0.868. The van der Waals surface area contributed by atoms with Gasteiger partial charge in [-0.1, -0.05) is 20.8 Å². The van der Waals surface area contributed by atoms with Gasteiger partial charge < -0.3 is 11.5 Å². The molecule has 0 saturated heterocycles. The summed E-state index contributed by atoms with van der Waals surface area (Å²) < 4.78 is 0. The average Bonchev–Trinajstić information content (AvgIpc) is 2.26. The molecule has 0 saturated carbocycles. The Balaban J connectivity index is 3.25. The van der Waals surface area contributed by atoms with Crippen LogP contribution in [0.4, 0.5) is 11.4 Å². The van der Waals surface area contributed by atoms with E-state index in [2.05, 4.69) is 26.8 Å². The van der Waals surface area contributed by atoms with E-state index < -0.39 is 0 Å². The minimum atomic E-state index is 0.868. The SMILES string of the molecule is CCSc1cc(SCC)c(N)c(CC)c1N. The molecular formula is C12H20N2S2. The number of benzene rings is 1. The number of nitrogen functional groups attached to an aromatic ring is 2. The first kappa shape index (κ1) is 13.6. The number of thioether (sulfide) groups is 2. The predicted molar refractivity (Wildman–Crippen MR) is 77.4 cm³/mol. The van der Waals surface area contributed by atoms with Gasteiger partial charge in [0.15, 0.2) is 0 Å². The van der Waals surface area contributed by atoms with E-state index >= 15 is 0 Å². The summed E-state index contributed by atoms with van der Waals surface area (Å²) in [5, 5.41) is 0. The van der Waals surface area contributed by atoms with E-state index in [1.54, 1.807) is 23.5 Å². The zero-order chi connectivity index (χ0) is 12.1. The first-order chi connectivity index (χ1) is 7.65. The van der Waals surface area contributed by atoms with E-state index in [9.17, 15) is 0 Å². The third-order valence-electron chi connectivity index (χ3n) is 2.40. The highest BCUT2D eigenvalue weighted by Crippen LogP contribution is 2.38. The van der Waals surface area contributed by atoms with Crippen molar-refractivity contribution < 1.29 is 0 Å². The Kier molecular flexibility index (Phi) is 5.35. The van der Waals surface area contributed by atoms with Crippen molar-refractivity contribution in [3.05, 3.63) is 11.6 Å². The van der Waals surface area contributed by atoms with Gasteiger partial charge in [0.05, 0.1) is 11.4 Å².